The Bertz CT molecular complexity index is 2400. The molecule has 0 radical (unpaired) electrons. The number of nitrogens with zero attached hydrogens (tertiary/aromatic N) is 5. The smallest absolute Gasteiger partial charge is 0.387 e. The van der Waals surface area contributed by atoms with Crippen LogP contribution in [-0.2, 0) is 40.3 Å². The fourth-order valence-electron chi connectivity index (χ4n) is 5.99. The number of carbonyl (C=O) groups is 2. The Morgan fingerprint density at radius 2 is 1.02 bits per heavy atom. The summed E-state index contributed by atoms with van der Waals surface area (Å²) < 4.78 is 128. The normalized spacial score (nSPS) is 11.2. The fourth-order valence-corrected chi connectivity index (χ4v) is 6.57. The number of carbonyl (C=O) groups excluding carboxylic acids is 2. The minimum atomic E-state index is -3.34. The number of benzene rings is 4. The molecule has 21 heteroatoms. The largest absolute Gasteiger partial charge is 0.431 e. The zero-order chi connectivity index (χ0) is 44.2. The molecule has 0 saturated carbocycles. The van der Waals surface area contributed by atoms with Gasteiger partial charge < -0.3 is 33.5 Å². The van der Waals surface area contributed by atoms with Gasteiger partial charge in [-0.15, -0.1) is 11.3 Å². The number of esters is 2. The highest BCUT2D eigenvalue weighted by molar-refractivity contribution is 7.09. The second kappa shape index (κ2) is 21.0. The molecule has 0 fully saturated rings. The SMILES string of the molecule is O=C(Cc1ccc(N(Cc2cncnc2)c2ccc(OC(F)F)c(OC(F)F)c2)cc1)OC(=O)Cc1cccc(N(Cc2cncs2)c2ccc(OC(F)F)c(OC(F)F)c2)c1. The average Bonchev–Trinajstić information content (AvgIpc) is 3.74. The van der Waals surface area contributed by atoms with Crippen LogP contribution in [0.3, 0.4) is 0 Å². The van der Waals surface area contributed by atoms with Gasteiger partial charge in [0.15, 0.2) is 23.0 Å². The molecule has 0 unspecified atom stereocenters. The molecule has 6 rings (SSSR count). The Kier molecular flexibility index (Phi) is 15.1. The van der Waals surface area contributed by atoms with Gasteiger partial charge in [0.05, 0.1) is 31.4 Å². The molecule has 6 aromatic rings. The standard InChI is InChI=1S/C41H31F8N5O7S/c42-38(43)57-32-10-8-29(15-34(32)59-40(46)47)53(20-26-17-50-22-51-18-26)27-6-4-24(5-7-27)13-36(55)61-37(56)14-25-2-1-3-28(12-25)54(21-31-19-52-23-62-31)30-9-11-33(58-39(44)45)35(16-30)60-41(48)49/h1-12,15-19,22-23,38-41H,13-14,20-21H2. The second-order valence-corrected chi connectivity index (χ2v) is 13.7. The number of aromatic nitrogens is 3. The number of halogens is 8. The van der Waals surface area contributed by atoms with E-state index in [-0.39, 0.29) is 37.3 Å². The molecule has 0 amide bonds. The van der Waals surface area contributed by atoms with Crippen molar-refractivity contribution in [3.8, 4) is 23.0 Å². The number of alkyl halides is 8. The van der Waals surface area contributed by atoms with Crippen molar-refractivity contribution < 1.29 is 68.4 Å². The summed E-state index contributed by atoms with van der Waals surface area (Å²) in [5.41, 5.74) is 4.40. The third kappa shape index (κ3) is 12.7. The maximum absolute atomic E-state index is 13.2. The lowest BCUT2D eigenvalue weighted by Gasteiger charge is -2.26. The Labute approximate surface area is 350 Å². The first-order valence-electron chi connectivity index (χ1n) is 17.9. The molecule has 12 nitrogen and oxygen atoms in total. The van der Waals surface area contributed by atoms with Crippen LogP contribution in [0.2, 0.25) is 0 Å². The molecular formula is C41H31F8N5O7S. The molecule has 324 valence electrons. The lowest BCUT2D eigenvalue weighted by Crippen LogP contribution is -2.18. The number of anilines is 4. The Hall–Kier alpha value is -7.03. The predicted molar refractivity (Wildman–Crippen MR) is 207 cm³/mol. The van der Waals surface area contributed by atoms with E-state index in [2.05, 4.69) is 33.9 Å². The number of thiazole rings is 1. The number of hydrogen-bond donors (Lipinski definition) is 0. The molecule has 2 aromatic heterocycles. The molecule has 0 saturated heterocycles. The van der Waals surface area contributed by atoms with Crippen LogP contribution in [0, 0.1) is 0 Å². The predicted octanol–water partition coefficient (Wildman–Crippen LogP) is 9.87. The van der Waals surface area contributed by atoms with Crippen LogP contribution in [0.1, 0.15) is 21.6 Å². The van der Waals surface area contributed by atoms with Gasteiger partial charge in [-0.3, -0.25) is 14.6 Å². The third-order valence-corrected chi connectivity index (χ3v) is 9.25. The van der Waals surface area contributed by atoms with Gasteiger partial charge in [-0.25, -0.2) is 9.97 Å². The Morgan fingerprint density at radius 3 is 1.55 bits per heavy atom. The molecule has 0 aliphatic heterocycles. The highest BCUT2D eigenvalue weighted by Gasteiger charge is 2.22. The first-order chi connectivity index (χ1) is 29.8. The van der Waals surface area contributed by atoms with Gasteiger partial charge in [-0.2, -0.15) is 35.1 Å². The van der Waals surface area contributed by atoms with Gasteiger partial charge in [0.1, 0.15) is 6.33 Å². The number of rotatable bonds is 20. The van der Waals surface area contributed by atoms with Crippen molar-refractivity contribution >= 4 is 46.0 Å². The first-order valence-corrected chi connectivity index (χ1v) is 18.8. The van der Waals surface area contributed by atoms with Crippen molar-refractivity contribution in [3.63, 3.8) is 0 Å². The molecule has 0 N–H and O–H groups in total. The molecule has 0 aliphatic rings. The molecular weight excluding hydrogens is 859 g/mol. The zero-order valence-electron chi connectivity index (χ0n) is 31.6. The van der Waals surface area contributed by atoms with Gasteiger partial charge in [0.25, 0.3) is 0 Å². The first kappa shape index (κ1) is 44.5. The van der Waals surface area contributed by atoms with Gasteiger partial charge in [0, 0.05) is 63.9 Å². The lowest BCUT2D eigenvalue weighted by molar-refractivity contribution is -0.158. The van der Waals surface area contributed by atoms with E-state index >= 15 is 0 Å². The zero-order valence-corrected chi connectivity index (χ0v) is 32.4. The Balaban J connectivity index is 1.15. The van der Waals surface area contributed by atoms with Crippen LogP contribution in [0.15, 0.2) is 115 Å². The lowest BCUT2D eigenvalue weighted by atomic mass is 10.1. The quantitative estimate of drug-likeness (QED) is 0.0412. The summed E-state index contributed by atoms with van der Waals surface area (Å²) in [5, 5.41) is 0. The van der Waals surface area contributed by atoms with Gasteiger partial charge in [0.2, 0.25) is 0 Å². The summed E-state index contributed by atoms with van der Waals surface area (Å²) in [7, 11) is 0. The molecule has 0 aliphatic carbocycles. The molecule has 0 atom stereocenters. The van der Waals surface area contributed by atoms with Gasteiger partial charge in [-0.05, 0) is 59.7 Å². The van der Waals surface area contributed by atoms with Crippen molar-refractivity contribution in [1.29, 1.82) is 0 Å². The van der Waals surface area contributed by atoms with Crippen molar-refractivity contribution in [2.45, 2.75) is 52.4 Å². The maximum Gasteiger partial charge on any atom is 0.387 e. The monoisotopic (exact) mass is 889 g/mol. The van der Waals surface area contributed by atoms with Gasteiger partial charge >= 0.3 is 38.4 Å². The van der Waals surface area contributed by atoms with Crippen molar-refractivity contribution in [3.05, 3.63) is 137 Å². The summed E-state index contributed by atoms with van der Waals surface area (Å²) in [5.74, 6) is -4.26. The molecule has 62 heavy (non-hydrogen) atoms. The van der Waals surface area contributed by atoms with E-state index in [1.165, 1.54) is 42.2 Å². The highest BCUT2D eigenvalue weighted by Crippen LogP contribution is 2.39. The number of hydrogen-bond acceptors (Lipinski definition) is 13. The average molecular weight is 890 g/mol. The van der Waals surface area contributed by atoms with Crippen LogP contribution in [0.4, 0.5) is 57.9 Å². The number of ether oxygens (including phenoxy) is 5. The third-order valence-electron chi connectivity index (χ3n) is 8.49. The van der Waals surface area contributed by atoms with Crippen LogP contribution in [0.25, 0.3) is 0 Å². The van der Waals surface area contributed by atoms with Crippen LogP contribution >= 0.6 is 11.3 Å². The molecule has 4 aromatic carbocycles. The Morgan fingerprint density at radius 1 is 0.516 bits per heavy atom. The van der Waals surface area contributed by atoms with Crippen molar-refractivity contribution in [2.75, 3.05) is 9.80 Å². The molecule has 2 heterocycles. The fraction of sp³-hybridized carbons (Fsp3) is 0.195. The van der Waals surface area contributed by atoms with Crippen molar-refractivity contribution in [1.82, 2.24) is 15.0 Å². The van der Waals surface area contributed by atoms with E-state index in [9.17, 15) is 44.7 Å². The van der Waals surface area contributed by atoms with E-state index in [0.717, 1.165) is 29.1 Å². The minimum absolute atomic E-state index is 0.0841. The van der Waals surface area contributed by atoms with Crippen LogP contribution < -0.4 is 28.7 Å². The molecule has 0 bridgehead atoms. The van der Waals surface area contributed by atoms with E-state index in [1.54, 1.807) is 70.0 Å². The topological polar surface area (TPSA) is 125 Å². The summed E-state index contributed by atoms with van der Waals surface area (Å²) in [4.78, 5) is 42.0. The molecule has 0 spiro atoms. The van der Waals surface area contributed by atoms with Gasteiger partial charge in [-0.1, -0.05) is 24.3 Å². The summed E-state index contributed by atoms with van der Waals surface area (Å²) in [6.45, 7) is -13.1. The van der Waals surface area contributed by atoms with E-state index in [0.29, 0.717) is 28.1 Å². The van der Waals surface area contributed by atoms with Crippen LogP contribution in [-0.4, -0.2) is 53.3 Å². The second-order valence-electron chi connectivity index (χ2n) is 12.7. The van der Waals surface area contributed by atoms with E-state index in [4.69, 9.17) is 4.74 Å². The maximum atomic E-state index is 13.2. The van der Waals surface area contributed by atoms with E-state index < -0.39 is 61.4 Å². The van der Waals surface area contributed by atoms with Crippen molar-refractivity contribution in [2.24, 2.45) is 0 Å². The highest BCUT2D eigenvalue weighted by atomic mass is 32.1. The van der Waals surface area contributed by atoms with E-state index in [1.807, 2.05) is 0 Å². The summed E-state index contributed by atoms with van der Waals surface area (Å²) >= 11 is 1.30. The summed E-state index contributed by atoms with van der Waals surface area (Å²) in [6.07, 6.45) is 5.23. The van der Waals surface area contributed by atoms with Crippen LogP contribution in [0.5, 0.6) is 23.0 Å². The summed E-state index contributed by atoms with van der Waals surface area (Å²) in [6, 6.07) is 19.8. The minimum Gasteiger partial charge on any atom is -0.431 e.